The van der Waals surface area contributed by atoms with Crippen molar-refractivity contribution in [1.29, 1.82) is 0 Å². The molecule has 0 saturated carbocycles. The maximum absolute atomic E-state index is 9.33. The van der Waals surface area contributed by atoms with Crippen LogP contribution < -0.4 is 0 Å². The van der Waals surface area contributed by atoms with Crippen molar-refractivity contribution < 1.29 is 5.11 Å². The summed E-state index contributed by atoms with van der Waals surface area (Å²) in [6.45, 7) is 1.73. The van der Waals surface area contributed by atoms with E-state index in [2.05, 4.69) is 11.8 Å². The van der Waals surface area contributed by atoms with Gasteiger partial charge < -0.3 is 5.11 Å². The number of hydrogen-bond donors (Lipinski definition) is 1. The Morgan fingerprint density at radius 2 is 2.00 bits per heavy atom. The maximum atomic E-state index is 9.33. The number of aliphatic hydroxyl groups excluding tert-OH is 1. The van der Waals surface area contributed by atoms with E-state index in [-0.39, 0.29) is 0 Å². The molecule has 0 aromatic heterocycles. The average Bonchev–Trinajstić information content (AvgIpc) is 2.06. The van der Waals surface area contributed by atoms with E-state index >= 15 is 0 Å². The molecule has 1 atom stereocenters. The number of rotatable bonds is 2. The fraction of sp³-hybridized carbons (Fsp3) is 0.273. The molecule has 0 unspecified atom stereocenters. The molecule has 0 aliphatic heterocycles. The summed E-state index contributed by atoms with van der Waals surface area (Å²) >= 11 is 0. The van der Waals surface area contributed by atoms with Crippen LogP contribution in [0.4, 0.5) is 0 Å². The highest BCUT2D eigenvalue weighted by molar-refractivity contribution is 5.18. The summed E-state index contributed by atoms with van der Waals surface area (Å²) in [5.74, 6) is 5.39. The van der Waals surface area contributed by atoms with Crippen LogP contribution in [0.2, 0.25) is 0 Å². The van der Waals surface area contributed by atoms with Crippen molar-refractivity contribution in [2.75, 3.05) is 0 Å². The summed E-state index contributed by atoms with van der Waals surface area (Å²) in [6, 6.07) is 9.85. The van der Waals surface area contributed by atoms with Crippen LogP contribution in [-0.2, 0) is 6.42 Å². The third-order valence-corrected chi connectivity index (χ3v) is 1.58. The van der Waals surface area contributed by atoms with E-state index in [1.54, 1.807) is 6.92 Å². The Labute approximate surface area is 73.0 Å². The van der Waals surface area contributed by atoms with E-state index in [9.17, 15) is 5.11 Å². The highest BCUT2D eigenvalue weighted by Crippen LogP contribution is 2.01. The molecular weight excluding hydrogens is 148 g/mol. The van der Waals surface area contributed by atoms with Gasteiger partial charge in [-0.1, -0.05) is 36.3 Å². The lowest BCUT2D eigenvalue weighted by atomic mass is 10.1. The van der Waals surface area contributed by atoms with Gasteiger partial charge in [0.15, 0.2) is 0 Å². The minimum Gasteiger partial charge on any atom is -0.380 e. The topological polar surface area (TPSA) is 20.2 Å². The van der Waals surface area contributed by atoms with E-state index in [0.717, 1.165) is 5.56 Å². The Morgan fingerprint density at radius 3 is 2.58 bits per heavy atom. The first-order chi connectivity index (χ1) is 5.83. The van der Waals surface area contributed by atoms with Crippen molar-refractivity contribution >= 4 is 0 Å². The molecule has 0 aliphatic carbocycles. The van der Waals surface area contributed by atoms with Crippen molar-refractivity contribution in [1.82, 2.24) is 0 Å². The Morgan fingerprint density at radius 1 is 1.33 bits per heavy atom. The average molecular weight is 160 g/mol. The fourth-order valence-corrected chi connectivity index (χ4v) is 1.05. The highest BCUT2D eigenvalue weighted by Gasteiger charge is 1.99. The summed E-state index contributed by atoms with van der Waals surface area (Å²) in [6.07, 6.45) is 0.0826. The molecule has 0 radical (unpaired) electrons. The van der Waals surface area contributed by atoms with Gasteiger partial charge in [0.05, 0.1) is 0 Å². The molecule has 0 heterocycles. The van der Waals surface area contributed by atoms with Gasteiger partial charge in [-0.3, -0.25) is 0 Å². The van der Waals surface area contributed by atoms with Gasteiger partial charge in [0.2, 0.25) is 0 Å². The molecule has 1 aromatic carbocycles. The predicted octanol–water partition coefficient (Wildman–Crippen LogP) is 1.61. The molecule has 1 heteroatoms. The number of benzene rings is 1. The van der Waals surface area contributed by atoms with Gasteiger partial charge in [0.1, 0.15) is 6.10 Å². The Hall–Kier alpha value is -1.26. The van der Waals surface area contributed by atoms with Gasteiger partial charge >= 0.3 is 0 Å². The normalized spacial score (nSPS) is 11.5. The molecule has 1 rings (SSSR count). The van der Waals surface area contributed by atoms with E-state index in [1.807, 2.05) is 30.3 Å². The quantitative estimate of drug-likeness (QED) is 0.652. The maximum Gasteiger partial charge on any atom is 0.118 e. The third-order valence-electron chi connectivity index (χ3n) is 1.58. The summed E-state index contributed by atoms with van der Waals surface area (Å²) in [5.41, 5.74) is 1.12. The zero-order chi connectivity index (χ0) is 8.81. The molecule has 1 N–H and O–H groups in total. The Kier molecular flexibility index (Phi) is 3.37. The van der Waals surface area contributed by atoms with Crippen LogP contribution in [0, 0.1) is 11.8 Å². The van der Waals surface area contributed by atoms with Crippen LogP contribution in [-0.4, -0.2) is 11.2 Å². The number of aliphatic hydroxyl groups is 1. The zero-order valence-corrected chi connectivity index (χ0v) is 7.12. The fourth-order valence-electron chi connectivity index (χ4n) is 1.05. The van der Waals surface area contributed by atoms with Crippen LogP contribution in [0.15, 0.2) is 30.3 Å². The van der Waals surface area contributed by atoms with Gasteiger partial charge in [-0.15, -0.1) is 5.92 Å². The van der Waals surface area contributed by atoms with E-state index in [1.165, 1.54) is 0 Å². The summed E-state index contributed by atoms with van der Waals surface area (Å²) in [4.78, 5) is 0. The monoisotopic (exact) mass is 160 g/mol. The molecule has 0 saturated heterocycles. The van der Waals surface area contributed by atoms with Crippen LogP contribution in [0.5, 0.6) is 0 Å². The predicted molar refractivity (Wildman–Crippen MR) is 49.6 cm³/mol. The van der Waals surface area contributed by atoms with Crippen molar-refractivity contribution in [2.24, 2.45) is 0 Å². The molecular formula is C11H12O. The first-order valence-corrected chi connectivity index (χ1v) is 3.97. The molecule has 0 aliphatic rings. The minimum atomic E-state index is -0.530. The first kappa shape index (κ1) is 8.83. The van der Waals surface area contributed by atoms with Gasteiger partial charge in [-0.25, -0.2) is 0 Å². The van der Waals surface area contributed by atoms with Gasteiger partial charge in [-0.2, -0.15) is 0 Å². The third kappa shape index (κ3) is 2.77. The molecule has 0 fully saturated rings. The second kappa shape index (κ2) is 4.58. The lowest BCUT2D eigenvalue weighted by molar-refractivity contribution is 0.233. The van der Waals surface area contributed by atoms with Crippen molar-refractivity contribution in [3.63, 3.8) is 0 Å². The molecule has 0 amide bonds. The standard InChI is InChI=1S/C11H12O/c1-2-6-11(12)9-10-7-4-3-5-8-10/h3-5,7-8,11-12H,9H2,1H3/t11-/m0/s1. The highest BCUT2D eigenvalue weighted by atomic mass is 16.3. The molecule has 0 spiro atoms. The van der Waals surface area contributed by atoms with Crippen molar-refractivity contribution in [3.8, 4) is 11.8 Å². The molecule has 1 nitrogen and oxygen atoms in total. The first-order valence-electron chi connectivity index (χ1n) is 3.97. The van der Waals surface area contributed by atoms with Crippen LogP contribution in [0.3, 0.4) is 0 Å². The van der Waals surface area contributed by atoms with E-state index in [0.29, 0.717) is 6.42 Å². The second-order valence-corrected chi connectivity index (χ2v) is 2.60. The lowest BCUT2D eigenvalue weighted by Gasteiger charge is -2.01. The van der Waals surface area contributed by atoms with Gasteiger partial charge in [0.25, 0.3) is 0 Å². The smallest absolute Gasteiger partial charge is 0.118 e. The molecule has 12 heavy (non-hydrogen) atoms. The number of hydrogen-bond acceptors (Lipinski definition) is 1. The summed E-state index contributed by atoms with van der Waals surface area (Å²) in [5, 5.41) is 9.33. The van der Waals surface area contributed by atoms with Crippen molar-refractivity contribution in [2.45, 2.75) is 19.4 Å². The van der Waals surface area contributed by atoms with Crippen LogP contribution in [0.25, 0.3) is 0 Å². The van der Waals surface area contributed by atoms with Crippen molar-refractivity contribution in [3.05, 3.63) is 35.9 Å². The summed E-state index contributed by atoms with van der Waals surface area (Å²) < 4.78 is 0. The second-order valence-electron chi connectivity index (χ2n) is 2.60. The van der Waals surface area contributed by atoms with Gasteiger partial charge in [0, 0.05) is 6.42 Å². The zero-order valence-electron chi connectivity index (χ0n) is 7.12. The van der Waals surface area contributed by atoms with E-state index < -0.39 is 6.10 Å². The van der Waals surface area contributed by atoms with Gasteiger partial charge in [-0.05, 0) is 12.5 Å². The van der Waals surface area contributed by atoms with Crippen LogP contribution in [0.1, 0.15) is 12.5 Å². The molecule has 1 aromatic rings. The minimum absolute atomic E-state index is 0.530. The van der Waals surface area contributed by atoms with E-state index in [4.69, 9.17) is 0 Å². The Bertz CT molecular complexity index is 279. The Balaban J connectivity index is 2.56. The summed E-state index contributed by atoms with van der Waals surface area (Å²) in [7, 11) is 0. The SMILES string of the molecule is CC#C[C@H](O)Cc1ccccc1. The lowest BCUT2D eigenvalue weighted by Crippen LogP contribution is -2.06. The van der Waals surface area contributed by atoms with Crippen LogP contribution >= 0.6 is 0 Å². The molecule has 62 valence electrons. The molecule has 0 bridgehead atoms. The largest absolute Gasteiger partial charge is 0.380 e.